The number of para-hydroxylation sites is 1. The molecule has 0 aliphatic carbocycles. The minimum atomic E-state index is 0.779. The summed E-state index contributed by atoms with van der Waals surface area (Å²) < 4.78 is 2.28. The first-order valence-electron chi connectivity index (χ1n) is 21.7. The van der Waals surface area contributed by atoms with Crippen LogP contribution in [0, 0.1) is 0 Å². The Labute approximate surface area is 375 Å². The van der Waals surface area contributed by atoms with Gasteiger partial charge in [0.2, 0.25) is 0 Å². The van der Waals surface area contributed by atoms with E-state index in [1.54, 1.807) is 0 Å². The summed E-state index contributed by atoms with van der Waals surface area (Å²) in [6.07, 6.45) is 3.66. The topological polar surface area (TPSA) is 69.4 Å². The Kier molecular flexibility index (Phi) is 9.38. The van der Waals surface area contributed by atoms with E-state index in [0.717, 1.165) is 117 Å². The molecule has 0 saturated carbocycles. The lowest BCUT2D eigenvalue weighted by molar-refractivity contribution is 1.11. The average molecular weight is 831 g/mol. The van der Waals surface area contributed by atoms with Gasteiger partial charge in [-0.1, -0.05) is 140 Å². The van der Waals surface area contributed by atoms with Crippen LogP contribution in [0.3, 0.4) is 0 Å². The van der Waals surface area contributed by atoms with Crippen molar-refractivity contribution in [3.05, 3.63) is 231 Å². The number of hydrogen-bond donors (Lipinski definition) is 0. The maximum absolute atomic E-state index is 5.62. The van der Waals surface area contributed by atoms with E-state index in [1.165, 1.54) is 0 Å². The molecule has 7 aromatic carbocycles. The van der Waals surface area contributed by atoms with E-state index in [1.807, 2.05) is 42.7 Å². The number of fused-ring (bicyclic) bond motifs is 6. The molecule has 0 amide bonds. The zero-order valence-electron chi connectivity index (χ0n) is 35.1. The molecule has 6 heteroatoms. The molecular weight excluding hydrogens is 793 g/mol. The summed E-state index contributed by atoms with van der Waals surface area (Å²) in [7, 11) is 0. The minimum Gasteiger partial charge on any atom is -0.292 e. The number of hydrogen-bond acceptors (Lipinski definition) is 5. The summed E-state index contributed by atoms with van der Waals surface area (Å²) in [5, 5.41) is 1.91. The lowest BCUT2D eigenvalue weighted by atomic mass is 9.95. The summed E-state index contributed by atoms with van der Waals surface area (Å²) in [4.78, 5) is 26.3. The van der Waals surface area contributed by atoms with Gasteiger partial charge >= 0.3 is 0 Å². The van der Waals surface area contributed by atoms with E-state index in [0.29, 0.717) is 0 Å². The van der Waals surface area contributed by atoms with Crippen LogP contribution in [-0.4, -0.2) is 29.5 Å². The second-order valence-electron chi connectivity index (χ2n) is 16.1. The predicted molar refractivity (Wildman–Crippen MR) is 265 cm³/mol. The zero-order valence-corrected chi connectivity index (χ0v) is 35.1. The van der Waals surface area contributed by atoms with Crippen molar-refractivity contribution in [2.75, 3.05) is 0 Å². The number of benzene rings is 7. The number of pyridine rings is 4. The molecule has 12 rings (SSSR count). The highest BCUT2D eigenvalue weighted by Crippen LogP contribution is 2.41. The Bertz CT molecular complexity index is 3420. The quantitative estimate of drug-likeness (QED) is 0.143. The third-order valence-corrected chi connectivity index (χ3v) is 12.0. The molecule has 0 spiro atoms. The molecule has 0 N–H and O–H groups in total. The van der Waals surface area contributed by atoms with E-state index in [-0.39, 0.29) is 0 Å². The molecule has 0 atom stereocenters. The second-order valence-corrected chi connectivity index (χ2v) is 16.1. The van der Waals surface area contributed by atoms with Gasteiger partial charge in [0.25, 0.3) is 0 Å². The van der Waals surface area contributed by atoms with Crippen LogP contribution < -0.4 is 0 Å². The summed E-state index contributed by atoms with van der Waals surface area (Å²) >= 11 is 0. The minimum absolute atomic E-state index is 0.779. The van der Waals surface area contributed by atoms with Gasteiger partial charge in [-0.05, 0) is 101 Å². The van der Waals surface area contributed by atoms with Crippen LogP contribution in [0.25, 0.3) is 117 Å². The molecule has 0 radical (unpaired) electrons. The van der Waals surface area contributed by atoms with Crippen LogP contribution in [0.2, 0.25) is 0 Å². The highest BCUT2D eigenvalue weighted by atomic mass is 15.1. The van der Waals surface area contributed by atoms with Crippen molar-refractivity contribution in [2.45, 2.75) is 0 Å². The van der Waals surface area contributed by atoms with Crippen molar-refractivity contribution >= 4 is 32.8 Å². The van der Waals surface area contributed by atoms with Crippen LogP contribution in [0.1, 0.15) is 0 Å². The SMILES string of the molecule is c1ccc(-c2cc(-c3ccccc3)nc(-c3cc(-c4cc(-c5ccccc5)cc(-c5ccccc5)n4)cc(-c4nc5c6cccnc6c6ncccc6c5n4-c4ccccc4)c3)c2)cc1. The number of nitrogens with zero attached hydrogens (tertiary/aromatic N) is 6. The predicted octanol–water partition coefficient (Wildman–Crippen LogP) is 14.6. The normalized spacial score (nSPS) is 11.4. The van der Waals surface area contributed by atoms with Gasteiger partial charge in [-0.2, -0.15) is 0 Å². The summed E-state index contributed by atoms with van der Waals surface area (Å²) in [6, 6.07) is 76.0. The summed E-state index contributed by atoms with van der Waals surface area (Å²) in [5.74, 6) is 0.779. The first-order chi connectivity index (χ1) is 32.2. The van der Waals surface area contributed by atoms with Gasteiger partial charge in [0.15, 0.2) is 0 Å². The van der Waals surface area contributed by atoms with Gasteiger partial charge in [0.05, 0.1) is 44.8 Å². The van der Waals surface area contributed by atoms with Gasteiger partial charge in [-0.15, -0.1) is 0 Å². The molecule has 0 unspecified atom stereocenters. The van der Waals surface area contributed by atoms with E-state index in [4.69, 9.17) is 24.9 Å². The molecule has 12 aromatic rings. The largest absolute Gasteiger partial charge is 0.292 e. The first-order valence-corrected chi connectivity index (χ1v) is 21.7. The molecule has 0 aliphatic rings. The number of imidazole rings is 1. The van der Waals surface area contributed by atoms with E-state index >= 15 is 0 Å². The van der Waals surface area contributed by atoms with E-state index < -0.39 is 0 Å². The maximum Gasteiger partial charge on any atom is 0.145 e. The molecule has 0 bridgehead atoms. The van der Waals surface area contributed by atoms with Gasteiger partial charge in [-0.25, -0.2) is 15.0 Å². The monoisotopic (exact) mass is 830 g/mol. The smallest absolute Gasteiger partial charge is 0.145 e. The molecular formula is C59H38N6. The van der Waals surface area contributed by atoms with E-state index in [9.17, 15) is 0 Å². The standard InChI is InChI=1S/C59H38N6/c1-6-18-39(19-7-1)43-35-51(41-22-10-3-11-23-41)62-53(37-43)45-32-46(54-38-44(40-20-8-2-9-21-40)36-52(63-54)42-24-12-4-13-25-42)34-47(33-45)59-64-57-49-28-16-30-60-55(49)56-50(29-17-31-61-56)58(57)65(59)48-26-14-5-15-27-48/h1-38H. The van der Waals surface area contributed by atoms with E-state index in [2.05, 4.69) is 193 Å². The third-order valence-electron chi connectivity index (χ3n) is 12.0. The maximum atomic E-state index is 5.62. The average Bonchev–Trinajstić information content (AvgIpc) is 3.81. The van der Waals surface area contributed by atoms with Crippen LogP contribution in [0.4, 0.5) is 0 Å². The lowest BCUT2D eigenvalue weighted by Gasteiger charge is -2.16. The molecule has 304 valence electrons. The third kappa shape index (κ3) is 7.00. The highest BCUT2D eigenvalue weighted by molar-refractivity contribution is 6.21. The van der Waals surface area contributed by atoms with Gasteiger partial charge in [-0.3, -0.25) is 14.5 Å². The highest BCUT2D eigenvalue weighted by Gasteiger charge is 2.23. The van der Waals surface area contributed by atoms with Crippen molar-refractivity contribution in [3.8, 4) is 84.4 Å². The fourth-order valence-electron chi connectivity index (χ4n) is 8.97. The molecule has 0 fully saturated rings. The van der Waals surface area contributed by atoms with Gasteiger partial charge in [0, 0.05) is 56.7 Å². The molecule has 5 aromatic heterocycles. The van der Waals surface area contributed by atoms with Gasteiger partial charge < -0.3 is 0 Å². The van der Waals surface area contributed by atoms with Crippen molar-refractivity contribution in [1.82, 2.24) is 29.5 Å². The number of aromatic nitrogens is 6. The Balaban J connectivity index is 1.19. The Morgan fingerprint density at radius 3 is 1.17 bits per heavy atom. The Morgan fingerprint density at radius 1 is 0.277 bits per heavy atom. The summed E-state index contributed by atoms with van der Waals surface area (Å²) in [5.41, 5.74) is 17.1. The molecule has 0 aliphatic heterocycles. The molecule has 5 heterocycles. The molecule has 65 heavy (non-hydrogen) atoms. The first kappa shape index (κ1) is 37.9. The second kappa shape index (κ2) is 16.1. The van der Waals surface area contributed by atoms with Gasteiger partial charge in [0.1, 0.15) is 5.82 Å². The van der Waals surface area contributed by atoms with Crippen LogP contribution in [0.15, 0.2) is 231 Å². The van der Waals surface area contributed by atoms with Crippen LogP contribution in [0.5, 0.6) is 0 Å². The Morgan fingerprint density at radius 2 is 0.677 bits per heavy atom. The fraction of sp³-hybridized carbons (Fsp3) is 0. The summed E-state index contributed by atoms with van der Waals surface area (Å²) in [6.45, 7) is 0. The fourth-order valence-corrected chi connectivity index (χ4v) is 8.97. The zero-order chi connectivity index (χ0) is 43.1. The van der Waals surface area contributed by atoms with Crippen molar-refractivity contribution in [2.24, 2.45) is 0 Å². The lowest BCUT2D eigenvalue weighted by Crippen LogP contribution is -2.00. The van der Waals surface area contributed by atoms with Crippen LogP contribution >= 0.6 is 0 Å². The van der Waals surface area contributed by atoms with Crippen molar-refractivity contribution in [1.29, 1.82) is 0 Å². The number of rotatable bonds is 8. The van der Waals surface area contributed by atoms with Crippen LogP contribution in [-0.2, 0) is 0 Å². The Hall–Kier alpha value is -8.87. The van der Waals surface area contributed by atoms with Crippen molar-refractivity contribution in [3.63, 3.8) is 0 Å². The molecule has 6 nitrogen and oxygen atoms in total. The molecule has 0 saturated heterocycles. The van der Waals surface area contributed by atoms with Crippen molar-refractivity contribution < 1.29 is 0 Å².